The average molecular weight is 427 g/mol. The Morgan fingerprint density at radius 1 is 1.11 bits per heavy atom. The number of rotatable bonds is 2. The van der Waals surface area contributed by atoms with Crippen LogP contribution in [0.1, 0.15) is 39.0 Å². The van der Waals surface area contributed by atoms with E-state index in [2.05, 4.69) is 31.2 Å². The second kappa shape index (κ2) is 7.14. The first-order valence-corrected chi connectivity index (χ1v) is 11.4. The minimum absolute atomic E-state index is 0.0617. The van der Waals surface area contributed by atoms with Gasteiger partial charge in [0.25, 0.3) is 5.91 Å². The molecule has 6 heteroatoms. The highest BCUT2D eigenvalue weighted by Crippen LogP contribution is 2.38. The zero-order chi connectivity index (χ0) is 19.3. The summed E-state index contributed by atoms with van der Waals surface area (Å²) in [4.78, 5) is 20.5. The van der Waals surface area contributed by atoms with Crippen molar-refractivity contribution in [3.05, 3.63) is 62.9 Å². The standard InChI is InChI=1S/C22H19ClN2OS2/c1-13-6-7-15-18(12-13)27-20(19(15)23)22(26)25-10-8-14(9-11-25)21-24-16-4-2-3-5-17(16)28-21/h2-7,12,14H,8-11H2,1H3. The van der Waals surface area contributed by atoms with Gasteiger partial charge in [0.05, 0.1) is 20.2 Å². The number of aromatic nitrogens is 1. The molecule has 0 atom stereocenters. The number of amides is 1. The molecule has 1 saturated heterocycles. The van der Waals surface area contributed by atoms with Crippen LogP contribution in [0, 0.1) is 6.92 Å². The molecule has 4 aromatic rings. The summed E-state index contributed by atoms with van der Waals surface area (Å²) < 4.78 is 2.32. The Labute approximate surface area is 176 Å². The molecule has 28 heavy (non-hydrogen) atoms. The second-order valence-corrected chi connectivity index (χ2v) is 9.82. The number of carbonyl (C=O) groups is 1. The molecule has 0 radical (unpaired) electrons. The van der Waals surface area contributed by atoms with Crippen molar-refractivity contribution in [2.24, 2.45) is 0 Å². The Balaban J connectivity index is 1.34. The molecule has 0 bridgehead atoms. The van der Waals surface area contributed by atoms with E-state index in [1.165, 1.54) is 26.6 Å². The SMILES string of the molecule is Cc1ccc2c(Cl)c(C(=O)N3CCC(c4nc5ccccc5s4)CC3)sc2c1. The van der Waals surface area contributed by atoms with Crippen molar-refractivity contribution < 1.29 is 4.79 Å². The van der Waals surface area contributed by atoms with Gasteiger partial charge in [-0.1, -0.05) is 35.9 Å². The number of fused-ring (bicyclic) bond motifs is 2. The molecule has 0 saturated carbocycles. The van der Waals surface area contributed by atoms with Crippen LogP contribution < -0.4 is 0 Å². The number of carbonyl (C=O) groups excluding carboxylic acids is 1. The van der Waals surface area contributed by atoms with Crippen molar-refractivity contribution in [2.45, 2.75) is 25.7 Å². The Hall–Kier alpha value is -1.95. The van der Waals surface area contributed by atoms with Gasteiger partial charge in [-0.15, -0.1) is 22.7 Å². The molecule has 5 rings (SSSR count). The quantitative estimate of drug-likeness (QED) is 0.367. The van der Waals surface area contributed by atoms with E-state index in [1.807, 2.05) is 23.1 Å². The second-order valence-electron chi connectivity index (χ2n) is 7.33. The lowest BCUT2D eigenvalue weighted by molar-refractivity contribution is 0.0718. The summed E-state index contributed by atoms with van der Waals surface area (Å²) in [7, 11) is 0. The summed E-state index contributed by atoms with van der Waals surface area (Å²) in [5.41, 5.74) is 2.26. The van der Waals surface area contributed by atoms with Crippen LogP contribution in [0.15, 0.2) is 42.5 Å². The van der Waals surface area contributed by atoms with Crippen LogP contribution in [0.4, 0.5) is 0 Å². The highest BCUT2D eigenvalue weighted by atomic mass is 35.5. The van der Waals surface area contributed by atoms with E-state index >= 15 is 0 Å². The normalized spacial score (nSPS) is 15.6. The molecular formula is C22H19ClN2OS2. The first-order valence-electron chi connectivity index (χ1n) is 9.43. The summed E-state index contributed by atoms with van der Waals surface area (Å²) >= 11 is 9.84. The van der Waals surface area contributed by atoms with Crippen molar-refractivity contribution in [2.75, 3.05) is 13.1 Å². The topological polar surface area (TPSA) is 33.2 Å². The number of thiophene rings is 1. The zero-order valence-corrected chi connectivity index (χ0v) is 17.8. The summed E-state index contributed by atoms with van der Waals surface area (Å²) in [6, 6.07) is 14.4. The minimum Gasteiger partial charge on any atom is -0.338 e. The predicted molar refractivity (Wildman–Crippen MR) is 119 cm³/mol. The largest absolute Gasteiger partial charge is 0.338 e. The molecule has 3 nitrogen and oxygen atoms in total. The van der Waals surface area contributed by atoms with E-state index in [9.17, 15) is 4.79 Å². The Morgan fingerprint density at radius 2 is 1.89 bits per heavy atom. The number of benzene rings is 2. The van der Waals surface area contributed by atoms with Gasteiger partial charge in [0.2, 0.25) is 0 Å². The summed E-state index contributed by atoms with van der Waals surface area (Å²) in [5.74, 6) is 0.494. The summed E-state index contributed by atoms with van der Waals surface area (Å²) in [6.45, 7) is 3.56. The maximum absolute atomic E-state index is 13.1. The van der Waals surface area contributed by atoms with Crippen LogP contribution in [-0.2, 0) is 0 Å². The van der Waals surface area contributed by atoms with Crippen LogP contribution in [-0.4, -0.2) is 28.9 Å². The first-order chi connectivity index (χ1) is 13.6. The molecular weight excluding hydrogens is 408 g/mol. The minimum atomic E-state index is 0.0617. The molecule has 0 aliphatic carbocycles. The highest BCUT2D eigenvalue weighted by molar-refractivity contribution is 7.21. The van der Waals surface area contributed by atoms with Crippen LogP contribution in [0.5, 0.6) is 0 Å². The third-order valence-electron chi connectivity index (χ3n) is 5.42. The molecule has 0 N–H and O–H groups in total. The van der Waals surface area contributed by atoms with E-state index in [0.717, 1.165) is 41.5 Å². The molecule has 142 valence electrons. The maximum Gasteiger partial charge on any atom is 0.265 e. The van der Waals surface area contributed by atoms with Gasteiger partial charge in [0, 0.05) is 29.1 Å². The number of halogens is 1. The monoisotopic (exact) mass is 426 g/mol. The van der Waals surface area contributed by atoms with Gasteiger partial charge in [-0.05, 0) is 43.5 Å². The first kappa shape index (κ1) is 18.1. The fourth-order valence-corrected chi connectivity index (χ4v) is 6.56. The predicted octanol–water partition coefficient (Wildman–Crippen LogP) is 6.49. The number of para-hydroxylation sites is 1. The Bertz CT molecular complexity index is 1150. The van der Waals surface area contributed by atoms with Gasteiger partial charge < -0.3 is 4.90 Å². The van der Waals surface area contributed by atoms with E-state index in [-0.39, 0.29) is 5.91 Å². The van der Waals surface area contributed by atoms with Gasteiger partial charge in [0.1, 0.15) is 4.88 Å². The molecule has 1 amide bonds. The molecule has 1 fully saturated rings. The number of aryl methyl sites for hydroxylation is 1. The number of thiazole rings is 1. The summed E-state index contributed by atoms with van der Waals surface area (Å²) in [6.07, 6.45) is 1.90. The number of likely N-dealkylation sites (tertiary alicyclic amines) is 1. The molecule has 1 aliphatic rings. The third-order valence-corrected chi connectivity index (χ3v) is 8.27. The molecule has 0 unspecified atom stereocenters. The lowest BCUT2D eigenvalue weighted by Gasteiger charge is -2.30. The van der Waals surface area contributed by atoms with Crippen molar-refractivity contribution in [3.8, 4) is 0 Å². The van der Waals surface area contributed by atoms with Crippen molar-refractivity contribution in [1.29, 1.82) is 0 Å². The van der Waals surface area contributed by atoms with Gasteiger partial charge in [0.15, 0.2) is 0 Å². The Kier molecular flexibility index (Phi) is 4.62. The fourth-order valence-electron chi connectivity index (χ4n) is 3.85. The highest BCUT2D eigenvalue weighted by Gasteiger charge is 2.28. The van der Waals surface area contributed by atoms with Gasteiger partial charge in [-0.3, -0.25) is 4.79 Å². The molecule has 2 aromatic heterocycles. The van der Waals surface area contributed by atoms with Crippen LogP contribution in [0.25, 0.3) is 20.3 Å². The lowest BCUT2D eigenvalue weighted by atomic mass is 9.97. The number of hydrogen-bond acceptors (Lipinski definition) is 4. The van der Waals surface area contributed by atoms with E-state index in [1.54, 1.807) is 11.3 Å². The molecule has 0 spiro atoms. The smallest absolute Gasteiger partial charge is 0.265 e. The van der Waals surface area contributed by atoms with Gasteiger partial charge in [-0.25, -0.2) is 4.98 Å². The fraction of sp³-hybridized carbons (Fsp3) is 0.273. The van der Waals surface area contributed by atoms with E-state index < -0.39 is 0 Å². The Morgan fingerprint density at radius 3 is 2.68 bits per heavy atom. The third kappa shape index (κ3) is 3.11. The van der Waals surface area contributed by atoms with Crippen molar-refractivity contribution in [3.63, 3.8) is 0 Å². The zero-order valence-electron chi connectivity index (χ0n) is 15.4. The van der Waals surface area contributed by atoms with Crippen LogP contribution in [0.2, 0.25) is 5.02 Å². The van der Waals surface area contributed by atoms with Crippen molar-refractivity contribution in [1.82, 2.24) is 9.88 Å². The van der Waals surface area contributed by atoms with E-state index in [0.29, 0.717) is 15.8 Å². The van der Waals surface area contributed by atoms with Gasteiger partial charge >= 0.3 is 0 Å². The van der Waals surface area contributed by atoms with Crippen LogP contribution in [0.3, 0.4) is 0 Å². The number of nitrogens with zero attached hydrogens (tertiary/aromatic N) is 2. The van der Waals surface area contributed by atoms with Gasteiger partial charge in [-0.2, -0.15) is 0 Å². The maximum atomic E-state index is 13.1. The van der Waals surface area contributed by atoms with Crippen molar-refractivity contribution >= 4 is 60.5 Å². The molecule has 2 aromatic carbocycles. The van der Waals surface area contributed by atoms with E-state index in [4.69, 9.17) is 16.6 Å². The number of hydrogen-bond donors (Lipinski definition) is 0. The lowest BCUT2D eigenvalue weighted by Crippen LogP contribution is -2.37. The molecule has 3 heterocycles. The number of piperidine rings is 1. The van der Waals surface area contributed by atoms with Crippen LogP contribution >= 0.6 is 34.3 Å². The molecule has 1 aliphatic heterocycles. The average Bonchev–Trinajstić information content (AvgIpc) is 3.28. The summed E-state index contributed by atoms with van der Waals surface area (Å²) in [5, 5.41) is 2.77.